The van der Waals surface area contributed by atoms with Gasteiger partial charge >= 0.3 is 13.1 Å². The second-order valence-electron chi connectivity index (χ2n) is 7.64. The SMILES string of the molecule is NC1(CNS(=O)(=O)N2C[C@H](CCCB(O)O)[C@](N)(C(=O)O)C2)CC(F)(F)C1. The number of halogens is 2. The second-order valence-corrected chi connectivity index (χ2v) is 9.40. The van der Waals surface area contributed by atoms with Gasteiger partial charge in [-0.2, -0.15) is 12.7 Å². The minimum Gasteiger partial charge on any atom is -0.480 e. The third kappa shape index (κ3) is 5.13. The molecule has 1 saturated carbocycles. The molecule has 8 N–H and O–H groups in total. The number of alkyl halides is 2. The summed E-state index contributed by atoms with van der Waals surface area (Å²) in [4.78, 5) is 11.6. The zero-order valence-electron chi connectivity index (χ0n) is 14.6. The van der Waals surface area contributed by atoms with E-state index in [0.717, 1.165) is 4.31 Å². The van der Waals surface area contributed by atoms with Gasteiger partial charge in [-0.3, -0.25) is 4.79 Å². The van der Waals surface area contributed by atoms with Gasteiger partial charge in [0, 0.05) is 43.9 Å². The van der Waals surface area contributed by atoms with Gasteiger partial charge in [0.25, 0.3) is 16.1 Å². The average molecular weight is 414 g/mol. The summed E-state index contributed by atoms with van der Waals surface area (Å²) in [6.45, 7) is -1.07. The number of carboxylic acid groups (broad SMARTS) is 1. The van der Waals surface area contributed by atoms with E-state index in [4.69, 9.17) is 21.5 Å². The van der Waals surface area contributed by atoms with Gasteiger partial charge in [-0.15, -0.1) is 0 Å². The summed E-state index contributed by atoms with van der Waals surface area (Å²) in [5.41, 5.74) is 8.46. The molecule has 1 saturated heterocycles. The summed E-state index contributed by atoms with van der Waals surface area (Å²) < 4.78 is 53.9. The lowest BCUT2D eigenvalue weighted by molar-refractivity contribution is -0.144. The number of carbonyl (C=O) groups is 1. The van der Waals surface area contributed by atoms with Crippen molar-refractivity contribution in [2.24, 2.45) is 17.4 Å². The Balaban J connectivity index is 2.01. The standard InChI is InChI=1S/C13H25BF2N4O6S/c15-12(16)5-11(17,6-12)7-19-27(25,26)20-4-9(2-1-3-14(23)24)13(18,8-20)10(21)22/h9,19,23-24H,1-8,17-18H2,(H,21,22)/t9-,13-/m0/s1. The first-order valence-corrected chi connectivity index (χ1v) is 9.93. The minimum atomic E-state index is -4.17. The number of aliphatic carboxylic acids is 1. The van der Waals surface area contributed by atoms with Gasteiger partial charge in [-0.25, -0.2) is 13.5 Å². The van der Waals surface area contributed by atoms with E-state index >= 15 is 0 Å². The monoisotopic (exact) mass is 414 g/mol. The van der Waals surface area contributed by atoms with E-state index in [0.29, 0.717) is 0 Å². The molecule has 1 aliphatic carbocycles. The Labute approximate surface area is 156 Å². The lowest BCUT2D eigenvalue weighted by atomic mass is 9.74. The first-order valence-electron chi connectivity index (χ1n) is 8.49. The zero-order valence-corrected chi connectivity index (χ0v) is 15.5. The summed E-state index contributed by atoms with van der Waals surface area (Å²) >= 11 is 0. The number of carboxylic acids is 1. The maximum absolute atomic E-state index is 13.0. The van der Waals surface area contributed by atoms with E-state index in [1.165, 1.54) is 0 Å². The maximum Gasteiger partial charge on any atom is 0.451 e. The zero-order chi connectivity index (χ0) is 20.7. The Bertz CT molecular complexity index is 674. The molecule has 14 heteroatoms. The highest BCUT2D eigenvalue weighted by Gasteiger charge is 2.56. The Kier molecular flexibility index (Phi) is 6.22. The number of nitrogens with two attached hydrogens (primary N) is 2. The molecule has 0 unspecified atom stereocenters. The lowest BCUT2D eigenvalue weighted by Crippen LogP contribution is -2.64. The van der Waals surface area contributed by atoms with Crippen LogP contribution in [0.2, 0.25) is 6.32 Å². The molecule has 0 aromatic carbocycles. The molecular weight excluding hydrogens is 389 g/mol. The molecule has 0 bridgehead atoms. The van der Waals surface area contributed by atoms with Gasteiger partial charge in [0.05, 0.1) is 0 Å². The normalized spacial score (nSPS) is 30.1. The number of nitrogens with one attached hydrogen (secondary N) is 1. The third-order valence-electron chi connectivity index (χ3n) is 5.17. The molecular formula is C13H25BF2N4O6S. The molecule has 156 valence electrons. The average Bonchev–Trinajstić information content (AvgIpc) is 2.83. The summed E-state index contributed by atoms with van der Waals surface area (Å²) in [7, 11) is -5.72. The molecule has 2 aliphatic rings. The fourth-order valence-corrected chi connectivity index (χ4v) is 5.06. The van der Waals surface area contributed by atoms with E-state index in [1.807, 2.05) is 0 Å². The van der Waals surface area contributed by atoms with Crippen LogP contribution in [0.25, 0.3) is 0 Å². The van der Waals surface area contributed by atoms with E-state index in [-0.39, 0.29) is 25.7 Å². The summed E-state index contributed by atoms with van der Waals surface area (Å²) in [5, 5.41) is 27.2. The van der Waals surface area contributed by atoms with Crippen LogP contribution in [0.15, 0.2) is 0 Å². The molecule has 2 atom stereocenters. The van der Waals surface area contributed by atoms with Crippen LogP contribution in [0.1, 0.15) is 25.7 Å². The Hall–Kier alpha value is -0.895. The molecule has 1 heterocycles. The van der Waals surface area contributed by atoms with Gasteiger partial charge in [0.15, 0.2) is 0 Å². The molecule has 2 rings (SSSR count). The summed E-state index contributed by atoms with van der Waals surface area (Å²) in [5.74, 6) is -5.03. The molecule has 0 aromatic heterocycles. The van der Waals surface area contributed by atoms with Crippen LogP contribution >= 0.6 is 0 Å². The molecule has 27 heavy (non-hydrogen) atoms. The molecule has 0 radical (unpaired) electrons. The van der Waals surface area contributed by atoms with Crippen molar-refractivity contribution in [2.75, 3.05) is 19.6 Å². The first kappa shape index (κ1) is 22.4. The molecule has 0 spiro atoms. The van der Waals surface area contributed by atoms with Crippen molar-refractivity contribution < 1.29 is 37.1 Å². The lowest BCUT2D eigenvalue weighted by Gasteiger charge is -2.44. The number of rotatable bonds is 9. The van der Waals surface area contributed by atoms with Crippen molar-refractivity contribution in [3.8, 4) is 0 Å². The topological polar surface area (TPSA) is 179 Å². The minimum absolute atomic E-state index is 0.00110. The van der Waals surface area contributed by atoms with Gasteiger partial charge in [0.2, 0.25) is 0 Å². The van der Waals surface area contributed by atoms with Gasteiger partial charge in [-0.1, -0.05) is 6.42 Å². The fraction of sp³-hybridized carbons (Fsp3) is 0.923. The van der Waals surface area contributed by atoms with Crippen molar-refractivity contribution >= 4 is 23.3 Å². The van der Waals surface area contributed by atoms with Crippen LogP contribution in [0.3, 0.4) is 0 Å². The Morgan fingerprint density at radius 1 is 1.30 bits per heavy atom. The molecule has 10 nitrogen and oxygen atoms in total. The van der Waals surface area contributed by atoms with Crippen LogP contribution in [-0.2, 0) is 15.0 Å². The van der Waals surface area contributed by atoms with Crippen molar-refractivity contribution in [1.29, 1.82) is 0 Å². The number of hydrogen-bond donors (Lipinski definition) is 6. The van der Waals surface area contributed by atoms with Crippen LogP contribution in [-0.4, -0.2) is 77.6 Å². The highest BCUT2D eigenvalue weighted by molar-refractivity contribution is 7.87. The van der Waals surface area contributed by atoms with Gasteiger partial charge in [-0.05, 0) is 12.7 Å². The fourth-order valence-electron chi connectivity index (χ4n) is 3.64. The predicted octanol–water partition coefficient (Wildman–Crippen LogP) is -2.09. The third-order valence-corrected chi connectivity index (χ3v) is 6.64. The van der Waals surface area contributed by atoms with Gasteiger partial charge in [0.1, 0.15) is 5.54 Å². The van der Waals surface area contributed by atoms with Crippen LogP contribution in [0.5, 0.6) is 0 Å². The second kappa shape index (κ2) is 7.50. The Morgan fingerprint density at radius 2 is 1.89 bits per heavy atom. The molecule has 2 fully saturated rings. The van der Waals surface area contributed by atoms with Crippen molar-refractivity contribution in [1.82, 2.24) is 9.03 Å². The van der Waals surface area contributed by atoms with E-state index in [9.17, 15) is 27.1 Å². The first-order chi connectivity index (χ1) is 12.2. The molecule has 1 aliphatic heterocycles. The smallest absolute Gasteiger partial charge is 0.451 e. The molecule has 0 aromatic rings. The summed E-state index contributed by atoms with van der Waals surface area (Å²) in [6, 6.07) is 0. The highest BCUT2D eigenvalue weighted by Crippen LogP contribution is 2.43. The molecule has 0 amide bonds. The number of nitrogens with zero attached hydrogens (tertiary/aromatic N) is 1. The van der Waals surface area contributed by atoms with Crippen LogP contribution < -0.4 is 16.2 Å². The van der Waals surface area contributed by atoms with Crippen molar-refractivity contribution in [2.45, 2.75) is 49.0 Å². The predicted molar refractivity (Wildman–Crippen MR) is 91.9 cm³/mol. The largest absolute Gasteiger partial charge is 0.480 e. The van der Waals surface area contributed by atoms with Crippen molar-refractivity contribution in [3.63, 3.8) is 0 Å². The highest BCUT2D eigenvalue weighted by atomic mass is 32.2. The van der Waals surface area contributed by atoms with E-state index in [2.05, 4.69) is 4.72 Å². The van der Waals surface area contributed by atoms with E-state index in [1.54, 1.807) is 0 Å². The number of hydrogen-bond acceptors (Lipinski definition) is 7. The Morgan fingerprint density at radius 3 is 2.37 bits per heavy atom. The van der Waals surface area contributed by atoms with Crippen LogP contribution in [0, 0.1) is 5.92 Å². The summed E-state index contributed by atoms with van der Waals surface area (Å²) in [6.07, 6.45) is -0.841. The van der Waals surface area contributed by atoms with Crippen molar-refractivity contribution in [3.05, 3.63) is 0 Å². The quantitative estimate of drug-likeness (QED) is 0.233. The van der Waals surface area contributed by atoms with E-state index < -0.39 is 72.1 Å². The van der Waals surface area contributed by atoms with Crippen LogP contribution in [0.4, 0.5) is 8.78 Å². The van der Waals surface area contributed by atoms with Gasteiger partial charge < -0.3 is 26.6 Å². The maximum atomic E-state index is 13.0.